The number of methoxy groups -OCH3 is 1. The van der Waals surface area contributed by atoms with Crippen LogP contribution in [0.1, 0.15) is 26.3 Å². The highest BCUT2D eigenvalue weighted by Crippen LogP contribution is 2.21. The Morgan fingerprint density at radius 1 is 1.38 bits per heavy atom. The summed E-state index contributed by atoms with van der Waals surface area (Å²) >= 11 is 0. The number of rotatable bonds is 9. The van der Waals surface area contributed by atoms with Gasteiger partial charge in [-0.3, -0.25) is 4.79 Å². The maximum atomic E-state index is 12.7. The van der Waals surface area contributed by atoms with Gasteiger partial charge in [0.25, 0.3) is 0 Å². The summed E-state index contributed by atoms with van der Waals surface area (Å²) in [4.78, 5) is 12.0. The van der Waals surface area contributed by atoms with Crippen molar-refractivity contribution in [2.24, 2.45) is 0 Å². The largest absolute Gasteiger partial charge is 0.385 e. The van der Waals surface area contributed by atoms with Crippen LogP contribution in [0, 0.1) is 0 Å². The Balaban J connectivity index is 2.11. The number of carbonyl (C=O) groups excluding carboxylic acids is 1. The lowest BCUT2D eigenvalue weighted by molar-refractivity contribution is -0.121. The molecule has 0 spiro atoms. The van der Waals surface area contributed by atoms with Crippen molar-refractivity contribution in [3.63, 3.8) is 0 Å². The predicted octanol–water partition coefficient (Wildman–Crippen LogP) is 0.785. The summed E-state index contributed by atoms with van der Waals surface area (Å²) in [5.41, 5.74) is 1.26. The second-order valence-corrected chi connectivity index (χ2v) is 8.28. The van der Waals surface area contributed by atoms with Crippen molar-refractivity contribution in [1.29, 1.82) is 0 Å². The first kappa shape index (κ1) is 20.3. The summed E-state index contributed by atoms with van der Waals surface area (Å²) < 4.78 is 33.0. The summed E-state index contributed by atoms with van der Waals surface area (Å²) in [6, 6.07) is 4.78. The molecule has 10 heteroatoms. The van der Waals surface area contributed by atoms with Gasteiger partial charge in [0.15, 0.2) is 0 Å². The zero-order chi connectivity index (χ0) is 19.3. The maximum absolute atomic E-state index is 12.7. The minimum Gasteiger partial charge on any atom is -0.385 e. The van der Waals surface area contributed by atoms with Gasteiger partial charge in [0, 0.05) is 33.4 Å². The van der Waals surface area contributed by atoms with Crippen LogP contribution in [0.5, 0.6) is 0 Å². The first-order valence-corrected chi connectivity index (χ1v) is 9.78. The molecule has 1 heterocycles. The number of nitrogens with one attached hydrogen (secondary N) is 1. The number of fused-ring (bicyclic) bond motifs is 1. The number of hydrogen-bond donors (Lipinski definition) is 1. The van der Waals surface area contributed by atoms with E-state index in [2.05, 4.69) is 15.6 Å². The van der Waals surface area contributed by atoms with Gasteiger partial charge < -0.3 is 10.1 Å². The third-order valence-corrected chi connectivity index (χ3v) is 5.65. The van der Waals surface area contributed by atoms with E-state index in [9.17, 15) is 13.2 Å². The smallest absolute Gasteiger partial charge is 0.243 e. The van der Waals surface area contributed by atoms with Gasteiger partial charge in [-0.2, -0.15) is 4.31 Å². The molecule has 0 atom stereocenters. The van der Waals surface area contributed by atoms with Crippen molar-refractivity contribution in [1.82, 2.24) is 24.6 Å². The second kappa shape index (κ2) is 8.56. The molecule has 1 N–H and O–H groups in total. The van der Waals surface area contributed by atoms with Crippen molar-refractivity contribution in [2.75, 3.05) is 33.9 Å². The van der Waals surface area contributed by atoms with Crippen molar-refractivity contribution < 1.29 is 17.9 Å². The molecule has 9 nitrogen and oxygen atoms in total. The molecular formula is C16H25N5O4S. The Labute approximate surface area is 153 Å². The van der Waals surface area contributed by atoms with Crippen molar-refractivity contribution in [3.05, 3.63) is 18.2 Å². The van der Waals surface area contributed by atoms with Crippen LogP contribution < -0.4 is 5.32 Å². The minimum absolute atomic E-state index is 0.0792. The van der Waals surface area contributed by atoms with E-state index in [1.165, 1.54) is 19.2 Å². The van der Waals surface area contributed by atoms with Gasteiger partial charge in [-0.15, -0.1) is 5.10 Å². The van der Waals surface area contributed by atoms with Crippen LogP contribution in [0.2, 0.25) is 0 Å². The van der Waals surface area contributed by atoms with Crippen molar-refractivity contribution in [3.8, 4) is 0 Å². The Kier molecular flexibility index (Phi) is 6.68. The quantitative estimate of drug-likeness (QED) is 0.642. The number of likely N-dealkylation sites (N-methyl/N-ethyl adjacent to an activating group) is 1. The zero-order valence-electron chi connectivity index (χ0n) is 15.5. The lowest BCUT2D eigenvalue weighted by Crippen LogP contribution is -2.38. The van der Waals surface area contributed by atoms with E-state index >= 15 is 0 Å². The molecule has 0 aliphatic carbocycles. The number of hydrogen-bond acceptors (Lipinski definition) is 6. The van der Waals surface area contributed by atoms with Crippen LogP contribution in [0.3, 0.4) is 0 Å². The van der Waals surface area contributed by atoms with E-state index in [0.29, 0.717) is 25.1 Å². The zero-order valence-corrected chi connectivity index (χ0v) is 16.3. The standard InChI is InChI=1S/C16H25N5O4S/c1-12(2)21-15-7-6-13(10-14(15)18-19-21)26(23,24)20(3)11-16(22)17-8-5-9-25-4/h6-7,10,12H,5,8-9,11H2,1-4H3,(H,17,22). The third-order valence-electron chi connectivity index (χ3n) is 3.85. The van der Waals surface area contributed by atoms with Crippen LogP contribution in [0.25, 0.3) is 11.0 Å². The minimum atomic E-state index is -3.80. The Bertz CT molecular complexity index is 863. The van der Waals surface area contributed by atoms with Gasteiger partial charge in [0.05, 0.1) is 17.0 Å². The number of benzene rings is 1. The summed E-state index contributed by atoms with van der Waals surface area (Å²) in [6.07, 6.45) is 0.668. The first-order chi connectivity index (χ1) is 12.3. The predicted molar refractivity (Wildman–Crippen MR) is 97.2 cm³/mol. The van der Waals surface area contributed by atoms with E-state index in [0.717, 1.165) is 9.82 Å². The summed E-state index contributed by atoms with van der Waals surface area (Å²) in [5.74, 6) is -0.362. The first-order valence-electron chi connectivity index (χ1n) is 8.34. The van der Waals surface area contributed by atoms with E-state index in [1.54, 1.807) is 17.9 Å². The Morgan fingerprint density at radius 2 is 2.12 bits per heavy atom. The molecule has 0 saturated carbocycles. The van der Waals surface area contributed by atoms with E-state index in [-0.39, 0.29) is 23.4 Å². The number of aromatic nitrogens is 3. The summed E-state index contributed by atoms with van der Waals surface area (Å²) in [6.45, 7) is 4.65. The van der Waals surface area contributed by atoms with E-state index < -0.39 is 10.0 Å². The fraction of sp³-hybridized carbons (Fsp3) is 0.562. The molecule has 0 unspecified atom stereocenters. The number of nitrogens with zero attached hydrogens (tertiary/aromatic N) is 4. The molecule has 0 aliphatic heterocycles. The van der Waals surface area contributed by atoms with Crippen molar-refractivity contribution in [2.45, 2.75) is 31.2 Å². The molecule has 0 bridgehead atoms. The molecule has 0 radical (unpaired) electrons. The molecule has 0 saturated heterocycles. The number of ether oxygens (including phenoxy) is 1. The Hall–Kier alpha value is -2.04. The molecule has 2 aromatic rings. The SMILES string of the molecule is COCCCNC(=O)CN(C)S(=O)(=O)c1ccc2c(c1)nnn2C(C)C. The molecule has 1 amide bonds. The van der Waals surface area contributed by atoms with Crippen LogP contribution in [0.15, 0.2) is 23.1 Å². The highest BCUT2D eigenvalue weighted by Gasteiger charge is 2.24. The average molecular weight is 383 g/mol. The highest BCUT2D eigenvalue weighted by molar-refractivity contribution is 7.89. The lowest BCUT2D eigenvalue weighted by Gasteiger charge is -2.17. The summed E-state index contributed by atoms with van der Waals surface area (Å²) in [7, 11) is -0.845. The van der Waals surface area contributed by atoms with Gasteiger partial charge in [-0.05, 0) is 38.5 Å². The number of amides is 1. The van der Waals surface area contributed by atoms with Crippen LogP contribution in [0.4, 0.5) is 0 Å². The molecule has 144 valence electrons. The average Bonchev–Trinajstić information content (AvgIpc) is 3.02. The molecule has 1 aromatic carbocycles. The van der Waals surface area contributed by atoms with Crippen LogP contribution in [-0.4, -0.2) is 67.5 Å². The maximum Gasteiger partial charge on any atom is 0.243 e. The van der Waals surface area contributed by atoms with Gasteiger partial charge in [-0.1, -0.05) is 5.21 Å². The van der Waals surface area contributed by atoms with Crippen molar-refractivity contribution >= 4 is 27.0 Å². The molecule has 0 fully saturated rings. The van der Waals surface area contributed by atoms with E-state index in [1.807, 2.05) is 13.8 Å². The van der Waals surface area contributed by atoms with Crippen LogP contribution >= 0.6 is 0 Å². The molecule has 2 rings (SSSR count). The molecule has 1 aromatic heterocycles. The lowest BCUT2D eigenvalue weighted by atomic mass is 10.3. The third kappa shape index (κ3) is 4.57. The summed E-state index contributed by atoms with van der Waals surface area (Å²) in [5, 5.41) is 10.7. The van der Waals surface area contributed by atoms with Crippen LogP contribution in [-0.2, 0) is 19.6 Å². The van der Waals surface area contributed by atoms with Gasteiger partial charge >= 0.3 is 0 Å². The number of sulfonamides is 1. The topological polar surface area (TPSA) is 106 Å². The van der Waals surface area contributed by atoms with Gasteiger partial charge in [-0.25, -0.2) is 13.1 Å². The normalized spacial score (nSPS) is 12.2. The highest BCUT2D eigenvalue weighted by atomic mass is 32.2. The van der Waals surface area contributed by atoms with Gasteiger partial charge in [0.2, 0.25) is 15.9 Å². The molecular weight excluding hydrogens is 358 g/mol. The monoisotopic (exact) mass is 383 g/mol. The van der Waals surface area contributed by atoms with E-state index in [4.69, 9.17) is 4.74 Å². The molecule has 26 heavy (non-hydrogen) atoms. The molecule has 0 aliphatic rings. The van der Waals surface area contributed by atoms with Gasteiger partial charge in [0.1, 0.15) is 5.52 Å². The number of carbonyl (C=O) groups is 1. The second-order valence-electron chi connectivity index (χ2n) is 6.24. The fourth-order valence-corrected chi connectivity index (χ4v) is 3.58. The fourth-order valence-electron chi connectivity index (χ4n) is 2.43. The Morgan fingerprint density at radius 3 is 2.77 bits per heavy atom.